The van der Waals surface area contributed by atoms with E-state index in [4.69, 9.17) is 57.3 Å². The fraction of sp³-hybridized carbons (Fsp3) is 0.571. The molecular weight excluding hydrogens is 1410 g/mol. The summed E-state index contributed by atoms with van der Waals surface area (Å²) in [4.78, 5) is 186. The Labute approximate surface area is 617 Å². The summed E-state index contributed by atoms with van der Waals surface area (Å²) >= 11 is 8.72. The molecule has 12 amide bonds. The Kier molecular flexibility index (Phi) is 40.6. The number of nitrogens with two attached hydrogens (primary N) is 10. The molecule has 13 atom stereocenters. The van der Waals surface area contributed by atoms with Crippen LogP contribution in [0.15, 0.2) is 58.5 Å². The number of benzene rings is 2. The van der Waals surface area contributed by atoms with Crippen LogP contribution in [0.25, 0.3) is 0 Å². The number of nitrogens with zero attached hydrogens (tertiary/aromatic N) is 2. The number of carbonyl (C=O) groups is 13. The zero-order valence-corrected chi connectivity index (χ0v) is 60.5. The summed E-state index contributed by atoms with van der Waals surface area (Å²) in [6, 6.07) is -7.33. The van der Waals surface area contributed by atoms with Crippen LogP contribution in [-0.2, 0) is 75.2 Å². The summed E-state index contributed by atoms with van der Waals surface area (Å²) in [5, 5.41) is 67.2. The fourth-order valence-electron chi connectivity index (χ4n) is 9.99. The molecule has 40 nitrogen and oxygen atoms in total. The number of carbonyl (C=O) groups excluding carboxylic acids is 12. The molecule has 105 heavy (non-hydrogen) atoms. The number of phenolic OH excluding ortho intramolecular Hbond substituents is 2. The number of primary amides is 1. The van der Waals surface area contributed by atoms with Gasteiger partial charge in [-0.2, -0.15) is 25.3 Å². The van der Waals surface area contributed by atoms with Crippen LogP contribution in [0.5, 0.6) is 11.5 Å². The maximum Gasteiger partial charge on any atom is 0.326 e. The van der Waals surface area contributed by atoms with E-state index in [1.165, 1.54) is 62.4 Å². The number of thiol groups is 2. The first-order valence-electron chi connectivity index (χ1n) is 33.5. The third-order valence-electron chi connectivity index (χ3n) is 15.6. The number of hydrogen-bond donors (Lipinski definition) is 27. The number of amides is 12. The molecule has 0 aliphatic heterocycles. The summed E-state index contributed by atoms with van der Waals surface area (Å²) in [5.41, 5.74) is 58.0. The number of rotatable bonds is 49. The van der Waals surface area contributed by atoms with Crippen LogP contribution < -0.4 is 116 Å². The minimum absolute atomic E-state index is 0.00218. The summed E-state index contributed by atoms with van der Waals surface area (Å²) in [6.07, 6.45) is -4.10. The molecule has 42 heteroatoms. The van der Waals surface area contributed by atoms with Crippen molar-refractivity contribution in [2.75, 3.05) is 45.0 Å². The van der Waals surface area contributed by atoms with Gasteiger partial charge in [0.15, 0.2) is 11.9 Å². The molecule has 0 spiro atoms. The van der Waals surface area contributed by atoms with Gasteiger partial charge in [0.05, 0.1) is 18.6 Å². The Morgan fingerprint density at radius 1 is 0.438 bits per heavy atom. The Bertz CT molecular complexity index is 3290. The Morgan fingerprint density at radius 3 is 1.12 bits per heavy atom. The van der Waals surface area contributed by atoms with Gasteiger partial charge in [-0.1, -0.05) is 24.3 Å². The maximum atomic E-state index is 14.3. The normalized spacial score (nSPS) is 14.9. The molecule has 0 unspecified atom stereocenters. The largest absolute Gasteiger partial charge is 0.508 e. The van der Waals surface area contributed by atoms with E-state index in [-0.39, 0.29) is 133 Å². The second kappa shape index (κ2) is 46.8. The standard InChI is InChI=1S/C63H105N23O17S2/c1-31(87)47(85-55(97)42(20-24-67)79-50(92)38(8-5-25-74-61(70)71)78-56(98)43(29-46(69)90)82-59(101)48(63(2,3)105)86-49(91)36(68)27-32-10-14-34(88)15-11-32)58(100)81-41(19-23-66)54(96)76-37(7-4-21-64)52(94)84-45(30-104)57(99)80-40(18-22-65)53(95)77-39(9-6-26-75-62(72)73)51(93)83-44(60(102)103)28-33-12-16-35(89)17-13-33/h10-17,31,36-45,47-48,87-89,104-105H,4-9,18-30,64-68H2,1-3H3,(H2,69,90)(H,76,96)(H,77,95)(H,78,98)(H,79,92)(H,80,99)(H,81,100)(H,82,101)(H,83,93)(H,84,94)(H,85,97)(H,86,91)(H,102,103)(H4,70,71,74)(H4,72,73,75)/t31-,36+,37+,38+,39+,40+,41-,42+,43+,44+,45+,47+,48-/m1/s1. The van der Waals surface area contributed by atoms with E-state index in [1.54, 1.807) is 0 Å². The molecule has 0 heterocycles. The number of guanidine groups is 2. The van der Waals surface area contributed by atoms with Crippen LogP contribution in [0.4, 0.5) is 0 Å². The zero-order valence-electron chi connectivity index (χ0n) is 58.7. The van der Waals surface area contributed by atoms with Crippen molar-refractivity contribution >= 4 is 114 Å². The molecule has 35 N–H and O–H groups in total. The molecular formula is C63H105N23O17S2. The highest BCUT2D eigenvalue weighted by Gasteiger charge is 2.40. The van der Waals surface area contributed by atoms with E-state index in [0.717, 1.165) is 6.92 Å². The molecule has 0 aliphatic carbocycles. The molecule has 0 aliphatic rings. The van der Waals surface area contributed by atoms with Gasteiger partial charge in [-0.15, -0.1) is 0 Å². The molecule has 0 saturated carbocycles. The lowest BCUT2D eigenvalue weighted by molar-refractivity contribution is -0.142. The number of phenols is 2. The van der Waals surface area contributed by atoms with Gasteiger partial charge in [0.2, 0.25) is 70.9 Å². The monoisotopic (exact) mass is 1520 g/mol. The summed E-state index contributed by atoms with van der Waals surface area (Å²) in [6.45, 7) is 3.16. The summed E-state index contributed by atoms with van der Waals surface area (Å²) in [7, 11) is 0. The van der Waals surface area contributed by atoms with Gasteiger partial charge >= 0.3 is 5.97 Å². The van der Waals surface area contributed by atoms with Crippen LogP contribution in [0.3, 0.4) is 0 Å². The first kappa shape index (κ1) is 91.2. The number of carboxylic acids is 1. The van der Waals surface area contributed by atoms with Gasteiger partial charge < -0.3 is 136 Å². The lowest BCUT2D eigenvalue weighted by Crippen LogP contribution is -2.63. The minimum atomic E-state index is -1.90. The number of aromatic hydroxyl groups is 2. The molecule has 0 saturated heterocycles. The molecule has 2 rings (SSSR count). The number of aliphatic carboxylic acids is 1. The van der Waals surface area contributed by atoms with Crippen LogP contribution >= 0.6 is 25.3 Å². The van der Waals surface area contributed by atoms with Crippen LogP contribution in [-0.4, -0.2) is 238 Å². The Morgan fingerprint density at radius 2 is 0.771 bits per heavy atom. The van der Waals surface area contributed by atoms with E-state index in [2.05, 4.69) is 93.7 Å². The van der Waals surface area contributed by atoms with Crippen molar-refractivity contribution in [2.45, 2.75) is 181 Å². The quantitative estimate of drug-likeness (QED) is 0.0127. The zero-order chi connectivity index (χ0) is 79.3. The lowest BCUT2D eigenvalue weighted by atomic mass is 9.99. The molecule has 0 bridgehead atoms. The highest BCUT2D eigenvalue weighted by atomic mass is 32.1. The maximum absolute atomic E-state index is 14.3. The van der Waals surface area contributed by atoms with Gasteiger partial charge in [-0.05, 0) is 147 Å². The van der Waals surface area contributed by atoms with Crippen molar-refractivity contribution in [3.63, 3.8) is 0 Å². The van der Waals surface area contributed by atoms with E-state index >= 15 is 0 Å². The van der Waals surface area contributed by atoms with E-state index in [9.17, 15) is 82.8 Å². The SMILES string of the molecule is C[C@@H](O)[C@H](NC(=O)[C@H](CCN)NC(=O)[C@H](CCCN=C(N)N)NC(=O)[C@H](CC(N)=O)NC(=O)[C@@H](NC(=O)[C@@H](N)Cc1ccc(O)cc1)C(C)(C)S)C(=O)N[C@H](CCN)C(=O)N[C@@H](CCCN)C(=O)N[C@@H](CS)C(=O)N[C@@H](CCN)C(=O)N[C@@H](CCCN=C(N)N)C(=O)N[C@@H](Cc1ccc(O)cc1)C(=O)O. The number of aliphatic hydroxyl groups excluding tert-OH is 1. The number of hydrogen-bond acceptors (Lipinski definition) is 25. The number of carboxylic acid groups (broad SMARTS) is 1. The van der Waals surface area contributed by atoms with E-state index < -0.39 is 172 Å². The second-order valence-electron chi connectivity index (χ2n) is 25.0. The number of aliphatic hydroxyl groups is 1. The van der Waals surface area contributed by atoms with Crippen molar-refractivity contribution in [2.24, 2.45) is 67.3 Å². The minimum Gasteiger partial charge on any atom is -0.508 e. The highest BCUT2D eigenvalue weighted by Crippen LogP contribution is 2.20. The Balaban J connectivity index is 2.37. The highest BCUT2D eigenvalue weighted by molar-refractivity contribution is 7.81. The molecule has 0 fully saturated rings. The first-order chi connectivity index (χ1) is 49.4. The lowest BCUT2D eigenvalue weighted by Gasteiger charge is -2.32. The Hall–Kier alpha value is -9.85. The van der Waals surface area contributed by atoms with Crippen molar-refractivity contribution in [1.29, 1.82) is 0 Å². The van der Waals surface area contributed by atoms with E-state index in [0.29, 0.717) is 11.1 Å². The first-order valence-corrected chi connectivity index (χ1v) is 34.6. The van der Waals surface area contributed by atoms with Crippen molar-refractivity contribution in [3.05, 3.63) is 59.7 Å². The van der Waals surface area contributed by atoms with Crippen molar-refractivity contribution in [1.82, 2.24) is 58.5 Å². The van der Waals surface area contributed by atoms with Gasteiger partial charge in [-0.25, -0.2) is 4.79 Å². The number of aliphatic imine (C=N–C) groups is 2. The van der Waals surface area contributed by atoms with Gasteiger partial charge in [-0.3, -0.25) is 67.5 Å². The van der Waals surface area contributed by atoms with Gasteiger partial charge in [0.25, 0.3) is 0 Å². The molecule has 0 radical (unpaired) electrons. The van der Waals surface area contributed by atoms with Crippen LogP contribution in [0, 0.1) is 0 Å². The van der Waals surface area contributed by atoms with Crippen LogP contribution in [0.1, 0.15) is 96.1 Å². The fourth-order valence-corrected chi connectivity index (χ4v) is 10.4. The predicted molar refractivity (Wildman–Crippen MR) is 392 cm³/mol. The van der Waals surface area contributed by atoms with Crippen molar-refractivity contribution < 1.29 is 82.8 Å². The second-order valence-corrected chi connectivity index (χ2v) is 26.5. The molecule has 0 aromatic heterocycles. The van der Waals surface area contributed by atoms with Gasteiger partial charge in [0, 0.05) is 30.0 Å². The predicted octanol–water partition coefficient (Wildman–Crippen LogP) is -9.59. The third kappa shape index (κ3) is 34.1. The number of nitrogens with one attached hydrogen (secondary N) is 11. The molecule has 586 valence electrons. The van der Waals surface area contributed by atoms with E-state index in [1.807, 2.05) is 0 Å². The third-order valence-corrected chi connectivity index (χ3v) is 16.3. The average Bonchev–Trinajstić information content (AvgIpc) is 0.838. The average molecular weight is 1520 g/mol. The summed E-state index contributed by atoms with van der Waals surface area (Å²) < 4.78 is -1.36. The molecule has 2 aromatic carbocycles. The summed E-state index contributed by atoms with van der Waals surface area (Å²) in [5.74, 6) is -14.9. The van der Waals surface area contributed by atoms with Crippen LogP contribution in [0.2, 0.25) is 0 Å². The van der Waals surface area contributed by atoms with Crippen molar-refractivity contribution in [3.8, 4) is 11.5 Å². The van der Waals surface area contributed by atoms with Gasteiger partial charge in [0.1, 0.15) is 78.0 Å². The molecule has 2 aromatic rings. The smallest absolute Gasteiger partial charge is 0.326 e. The topological polar surface area (TPSA) is 720 Å².